The number of aromatic carboxylic acids is 1. The predicted octanol–water partition coefficient (Wildman–Crippen LogP) is 2.33. The molecule has 1 unspecified atom stereocenters. The third kappa shape index (κ3) is 3.80. The van der Waals surface area contributed by atoms with E-state index in [2.05, 4.69) is 15.5 Å². The van der Waals surface area contributed by atoms with E-state index in [1.807, 2.05) is 31.2 Å². The normalized spacial score (nSPS) is 11.9. The van der Waals surface area contributed by atoms with Crippen LogP contribution in [0.25, 0.3) is 0 Å². The lowest BCUT2D eigenvalue weighted by Crippen LogP contribution is -2.26. The van der Waals surface area contributed by atoms with E-state index in [1.165, 1.54) is 22.5 Å². The van der Waals surface area contributed by atoms with Crippen molar-refractivity contribution in [2.45, 2.75) is 26.4 Å². The summed E-state index contributed by atoms with van der Waals surface area (Å²) in [5, 5.41) is 20.0. The molecule has 1 atom stereocenters. The number of hydrogen-bond acceptors (Lipinski definition) is 4. The van der Waals surface area contributed by atoms with E-state index in [0.717, 1.165) is 5.56 Å². The molecule has 8 heteroatoms. The summed E-state index contributed by atoms with van der Waals surface area (Å²) in [5.74, 6) is -1.50. The number of carboxylic acids is 1. The summed E-state index contributed by atoms with van der Waals surface area (Å²) in [6, 6.07) is 8.72. The predicted molar refractivity (Wildman–Crippen MR) is 95.0 cm³/mol. The second-order valence-electron chi connectivity index (χ2n) is 6.04. The molecule has 0 radical (unpaired) electrons. The van der Waals surface area contributed by atoms with E-state index in [1.54, 1.807) is 24.0 Å². The number of nitrogens with one attached hydrogen (secondary N) is 1. The van der Waals surface area contributed by atoms with Crippen LogP contribution in [0.1, 0.15) is 34.6 Å². The molecule has 8 nitrogen and oxygen atoms in total. The molecule has 0 aliphatic heterocycles. The second kappa shape index (κ2) is 7.22. The van der Waals surface area contributed by atoms with Gasteiger partial charge in [0.1, 0.15) is 11.7 Å². The van der Waals surface area contributed by atoms with E-state index in [9.17, 15) is 9.59 Å². The number of nitrogens with zero attached hydrogens (tertiary/aromatic N) is 4. The number of anilines is 1. The highest BCUT2D eigenvalue weighted by molar-refractivity contribution is 5.94. The summed E-state index contributed by atoms with van der Waals surface area (Å²) in [5.41, 5.74) is 2.80. The van der Waals surface area contributed by atoms with Gasteiger partial charge < -0.3 is 10.4 Å². The number of aryl methyl sites for hydroxylation is 1. The zero-order valence-corrected chi connectivity index (χ0v) is 14.5. The molecular weight excluding hydrogens is 334 g/mol. The van der Waals surface area contributed by atoms with E-state index >= 15 is 0 Å². The molecule has 26 heavy (non-hydrogen) atoms. The fourth-order valence-corrected chi connectivity index (χ4v) is 2.55. The minimum Gasteiger partial charge on any atom is -0.477 e. The highest BCUT2D eigenvalue weighted by Crippen LogP contribution is 2.14. The Labute approximate surface area is 150 Å². The fraction of sp³-hybridized carbons (Fsp3) is 0.222. The van der Waals surface area contributed by atoms with E-state index in [4.69, 9.17) is 5.11 Å². The van der Waals surface area contributed by atoms with Gasteiger partial charge in [-0.1, -0.05) is 29.8 Å². The molecule has 1 aromatic carbocycles. The Morgan fingerprint density at radius 1 is 1.19 bits per heavy atom. The number of rotatable bonds is 6. The van der Waals surface area contributed by atoms with E-state index < -0.39 is 12.0 Å². The van der Waals surface area contributed by atoms with Gasteiger partial charge in [-0.15, -0.1) is 0 Å². The van der Waals surface area contributed by atoms with Crippen molar-refractivity contribution in [1.82, 2.24) is 19.6 Å². The second-order valence-corrected chi connectivity index (χ2v) is 6.04. The van der Waals surface area contributed by atoms with Crippen molar-refractivity contribution in [3.8, 4) is 0 Å². The number of hydrogen-bond donors (Lipinski definition) is 2. The minimum atomic E-state index is -1.13. The van der Waals surface area contributed by atoms with Gasteiger partial charge in [0.2, 0.25) is 5.91 Å². The third-order valence-electron chi connectivity index (χ3n) is 4.00. The average molecular weight is 353 g/mol. The van der Waals surface area contributed by atoms with Crippen LogP contribution in [0, 0.1) is 6.92 Å². The standard InChI is InChI=1S/C18H19N5O3/c1-12-3-5-14(6-4-12)10-22-11-15(9-20-22)21-17(24)13(2)23-16(18(25)26)7-8-19-23/h3-9,11,13H,10H2,1-2H3,(H,21,24)(H,25,26). The number of amides is 1. The van der Waals surface area contributed by atoms with Crippen molar-refractivity contribution in [3.05, 3.63) is 65.7 Å². The van der Waals surface area contributed by atoms with Crippen LogP contribution >= 0.6 is 0 Å². The largest absolute Gasteiger partial charge is 0.477 e. The zero-order valence-electron chi connectivity index (χ0n) is 14.5. The van der Waals surface area contributed by atoms with Crippen LogP contribution in [-0.4, -0.2) is 36.5 Å². The molecule has 134 valence electrons. The maximum Gasteiger partial charge on any atom is 0.354 e. The summed E-state index contributed by atoms with van der Waals surface area (Å²) < 4.78 is 2.90. The lowest BCUT2D eigenvalue weighted by Gasteiger charge is -2.13. The first kappa shape index (κ1) is 17.4. The topological polar surface area (TPSA) is 102 Å². The Hall–Kier alpha value is -3.42. The van der Waals surface area contributed by atoms with Gasteiger partial charge in [0, 0.05) is 12.4 Å². The average Bonchev–Trinajstić information content (AvgIpc) is 3.25. The van der Waals surface area contributed by atoms with Crippen LogP contribution in [0.15, 0.2) is 48.9 Å². The maximum atomic E-state index is 12.4. The smallest absolute Gasteiger partial charge is 0.354 e. The van der Waals surface area contributed by atoms with Gasteiger partial charge in [0.15, 0.2) is 0 Å². The SMILES string of the molecule is Cc1ccc(Cn2cc(NC(=O)C(C)n3nccc3C(=O)O)cn2)cc1. The molecule has 0 bridgehead atoms. The number of benzene rings is 1. The van der Waals surface area contributed by atoms with E-state index in [-0.39, 0.29) is 11.6 Å². The van der Waals surface area contributed by atoms with Gasteiger partial charge >= 0.3 is 5.97 Å². The Balaban J connectivity index is 1.66. The van der Waals surface area contributed by atoms with Gasteiger partial charge in [0.05, 0.1) is 18.4 Å². The Morgan fingerprint density at radius 2 is 1.92 bits per heavy atom. The summed E-state index contributed by atoms with van der Waals surface area (Å²) >= 11 is 0. The quantitative estimate of drug-likeness (QED) is 0.708. The molecule has 2 N–H and O–H groups in total. The number of carbonyl (C=O) groups excluding carboxylic acids is 1. The first-order valence-corrected chi connectivity index (χ1v) is 8.09. The summed E-state index contributed by atoms with van der Waals surface area (Å²) in [6.07, 6.45) is 4.64. The van der Waals surface area contributed by atoms with Gasteiger partial charge in [-0.2, -0.15) is 10.2 Å². The zero-order chi connectivity index (χ0) is 18.7. The van der Waals surface area contributed by atoms with Crippen LogP contribution in [0.4, 0.5) is 5.69 Å². The van der Waals surface area contributed by atoms with Crippen molar-refractivity contribution in [3.63, 3.8) is 0 Å². The molecule has 0 fully saturated rings. The minimum absolute atomic E-state index is 0.0392. The highest BCUT2D eigenvalue weighted by Gasteiger charge is 2.21. The molecule has 1 amide bonds. The summed E-state index contributed by atoms with van der Waals surface area (Å²) in [7, 11) is 0. The molecule has 0 aliphatic rings. The Kier molecular flexibility index (Phi) is 4.83. The van der Waals surface area contributed by atoms with Gasteiger partial charge in [0.25, 0.3) is 0 Å². The molecule has 0 aliphatic carbocycles. The Bertz CT molecular complexity index is 926. The molecule has 2 aromatic heterocycles. The van der Waals surface area contributed by atoms with Crippen LogP contribution in [-0.2, 0) is 11.3 Å². The number of carbonyl (C=O) groups is 2. The molecular formula is C18H19N5O3. The lowest BCUT2D eigenvalue weighted by molar-refractivity contribution is -0.119. The summed E-state index contributed by atoms with van der Waals surface area (Å²) in [6.45, 7) is 4.21. The van der Waals surface area contributed by atoms with E-state index in [0.29, 0.717) is 12.2 Å². The van der Waals surface area contributed by atoms with Crippen LogP contribution < -0.4 is 5.32 Å². The van der Waals surface area contributed by atoms with Crippen molar-refractivity contribution in [2.24, 2.45) is 0 Å². The molecule has 0 saturated carbocycles. The number of carboxylic acid groups (broad SMARTS) is 1. The van der Waals surface area contributed by atoms with Crippen molar-refractivity contribution in [1.29, 1.82) is 0 Å². The molecule has 2 heterocycles. The van der Waals surface area contributed by atoms with Crippen LogP contribution in [0.5, 0.6) is 0 Å². The van der Waals surface area contributed by atoms with Gasteiger partial charge in [-0.25, -0.2) is 9.48 Å². The lowest BCUT2D eigenvalue weighted by atomic mass is 10.1. The maximum absolute atomic E-state index is 12.4. The van der Waals surface area contributed by atoms with Crippen molar-refractivity contribution in [2.75, 3.05) is 5.32 Å². The van der Waals surface area contributed by atoms with Crippen LogP contribution in [0.3, 0.4) is 0 Å². The van der Waals surface area contributed by atoms with Crippen molar-refractivity contribution >= 4 is 17.6 Å². The molecule has 3 aromatic rings. The number of aromatic nitrogens is 4. The Morgan fingerprint density at radius 3 is 2.62 bits per heavy atom. The summed E-state index contributed by atoms with van der Waals surface area (Å²) in [4.78, 5) is 23.5. The van der Waals surface area contributed by atoms with Crippen molar-refractivity contribution < 1.29 is 14.7 Å². The first-order chi connectivity index (χ1) is 12.4. The van der Waals surface area contributed by atoms with Crippen LogP contribution in [0.2, 0.25) is 0 Å². The molecule has 0 saturated heterocycles. The van der Waals surface area contributed by atoms with Gasteiger partial charge in [-0.05, 0) is 25.5 Å². The third-order valence-corrected chi connectivity index (χ3v) is 4.00. The fourth-order valence-electron chi connectivity index (χ4n) is 2.55. The monoisotopic (exact) mass is 353 g/mol. The first-order valence-electron chi connectivity index (χ1n) is 8.09. The highest BCUT2D eigenvalue weighted by atomic mass is 16.4. The molecule has 0 spiro atoms. The molecule has 3 rings (SSSR count). The van der Waals surface area contributed by atoms with Gasteiger partial charge in [-0.3, -0.25) is 9.48 Å².